The van der Waals surface area contributed by atoms with Gasteiger partial charge in [0.15, 0.2) is 0 Å². The maximum absolute atomic E-state index is 12.9. The summed E-state index contributed by atoms with van der Waals surface area (Å²) in [6, 6.07) is 0.170. The van der Waals surface area contributed by atoms with Crippen LogP contribution in [0.3, 0.4) is 0 Å². The fourth-order valence-electron chi connectivity index (χ4n) is 6.06. The van der Waals surface area contributed by atoms with Crippen LogP contribution >= 0.6 is 0 Å². The van der Waals surface area contributed by atoms with E-state index in [-0.39, 0.29) is 25.3 Å². The van der Waals surface area contributed by atoms with Gasteiger partial charge in [0, 0.05) is 45.3 Å². The summed E-state index contributed by atoms with van der Waals surface area (Å²) in [5.41, 5.74) is 0. The van der Waals surface area contributed by atoms with E-state index in [1.54, 1.807) is 0 Å². The van der Waals surface area contributed by atoms with E-state index in [0.717, 1.165) is 38.8 Å². The van der Waals surface area contributed by atoms with Gasteiger partial charge < -0.3 is 20.4 Å². The maximum atomic E-state index is 12.9. The predicted octanol–water partition coefficient (Wildman–Crippen LogP) is 6.27. The van der Waals surface area contributed by atoms with Crippen LogP contribution in [0.5, 0.6) is 0 Å². The molecule has 43 heavy (non-hydrogen) atoms. The number of unbranched alkanes of at least 4 members (excludes halogenated alkanes) is 15. The lowest BCUT2D eigenvalue weighted by molar-refractivity contribution is -0.174. The Morgan fingerprint density at radius 1 is 0.791 bits per heavy atom. The van der Waals surface area contributed by atoms with Gasteiger partial charge in [0.05, 0.1) is 19.8 Å². The van der Waals surface area contributed by atoms with E-state index in [0.29, 0.717) is 52.0 Å². The van der Waals surface area contributed by atoms with Crippen molar-refractivity contribution < 1.29 is 24.6 Å². The highest BCUT2D eigenvalue weighted by Crippen LogP contribution is 2.20. The third-order valence-electron chi connectivity index (χ3n) is 8.71. The van der Waals surface area contributed by atoms with Crippen molar-refractivity contribution in [1.82, 2.24) is 20.2 Å². The van der Waals surface area contributed by atoms with Crippen LogP contribution in [0.4, 0.5) is 4.79 Å². The van der Waals surface area contributed by atoms with Crippen LogP contribution in [0, 0.1) is 0 Å². The number of nitrogens with zero attached hydrogens (tertiary/aromatic N) is 3. The molecule has 0 radical (unpaired) electrons. The molecule has 0 aromatic carbocycles. The number of amides is 3. The summed E-state index contributed by atoms with van der Waals surface area (Å²) in [6.45, 7) is 6.39. The molecule has 1 rings (SSSR count). The Bertz CT molecular complexity index is 636. The van der Waals surface area contributed by atoms with E-state index in [2.05, 4.69) is 12.2 Å². The highest BCUT2D eigenvalue weighted by Gasteiger charge is 2.26. The van der Waals surface area contributed by atoms with E-state index >= 15 is 0 Å². The molecule has 0 aliphatic carbocycles. The smallest absolute Gasteiger partial charge is 0.317 e. The molecule has 9 heteroatoms. The lowest BCUT2D eigenvalue weighted by Crippen LogP contribution is -2.49. The molecule has 3 amide bonds. The SMILES string of the molecule is CCCCCCCCCCCCCCCCCCNC(=O)N1CCCCC1CCON(C=O)CCCN(CCO)CCO. The average Bonchev–Trinajstić information content (AvgIpc) is 3.02. The van der Waals surface area contributed by atoms with Gasteiger partial charge in [0.1, 0.15) is 0 Å². The third-order valence-corrected chi connectivity index (χ3v) is 8.71. The van der Waals surface area contributed by atoms with Gasteiger partial charge in [-0.05, 0) is 38.5 Å². The summed E-state index contributed by atoms with van der Waals surface area (Å²) >= 11 is 0. The molecule has 0 spiro atoms. The Morgan fingerprint density at radius 3 is 1.88 bits per heavy atom. The molecule has 3 N–H and O–H groups in total. The van der Waals surface area contributed by atoms with Gasteiger partial charge >= 0.3 is 6.03 Å². The number of carbonyl (C=O) groups is 2. The first-order chi connectivity index (χ1) is 21.2. The number of aliphatic hydroxyl groups is 2. The number of urea groups is 1. The van der Waals surface area contributed by atoms with Gasteiger partial charge in [-0.3, -0.25) is 14.5 Å². The summed E-state index contributed by atoms with van der Waals surface area (Å²) < 4.78 is 0. The second kappa shape index (κ2) is 29.3. The van der Waals surface area contributed by atoms with Crippen molar-refractivity contribution in [3.8, 4) is 0 Å². The van der Waals surface area contributed by atoms with Crippen molar-refractivity contribution in [1.29, 1.82) is 0 Å². The zero-order valence-electron chi connectivity index (χ0n) is 27.8. The van der Waals surface area contributed by atoms with E-state index < -0.39 is 0 Å². The van der Waals surface area contributed by atoms with Crippen molar-refractivity contribution in [2.24, 2.45) is 0 Å². The lowest BCUT2D eigenvalue weighted by Gasteiger charge is -2.36. The first-order valence-electron chi connectivity index (χ1n) is 18.0. The summed E-state index contributed by atoms with van der Waals surface area (Å²) in [5.74, 6) is 0. The molecule has 254 valence electrons. The zero-order chi connectivity index (χ0) is 31.2. The van der Waals surface area contributed by atoms with Crippen molar-refractivity contribution in [2.75, 3.05) is 59.1 Å². The van der Waals surface area contributed by atoms with E-state index in [4.69, 9.17) is 15.1 Å². The van der Waals surface area contributed by atoms with Crippen LogP contribution in [0.25, 0.3) is 0 Å². The number of nitrogens with one attached hydrogen (secondary N) is 1. The van der Waals surface area contributed by atoms with Crippen LogP contribution in [0.2, 0.25) is 0 Å². The number of hydrogen-bond acceptors (Lipinski definition) is 6. The number of piperidine rings is 1. The standard InChI is InChI=1S/C34H68N4O5/c1-2-3-4-5-6-7-8-9-10-11-12-13-14-15-16-18-23-35-34(42)38-26-19-17-21-33(38)22-31-43-37(32-41)25-20-24-36(27-29-39)28-30-40/h32-33,39-40H,2-31H2,1H3,(H,35,42). The Morgan fingerprint density at radius 2 is 1.35 bits per heavy atom. The maximum Gasteiger partial charge on any atom is 0.317 e. The fourth-order valence-corrected chi connectivity index (χ4v) is 6.06. The number of hydroxylamine groups is 2. The minimum atomic E-state index is 0.0331. The van der Waals surface area contributed by atoms with Crippen LogP contribution in [0.15, 0.2) is 0 Å². The first kappa shape index (κ1) is 39.6. The fraction of sp³-hybridized carbons (Fsp3) is 0.941. The van der Waals surface area contributed by atoms with E-state index in [1.807, 2.05) is 9.80 Å². The number of carbonyl (C=O) groups excluding carboxylic acids is 2. The summed E-state index contributed by atoms with van der Waals surface area (Å²) in [5, 5.41) is 22.7. The Hall–Kier alpha value is -1.42. The Kier molecular flexibility index (Phi) is 27.0. The molecule has 1 saturated heterocycles. The number of hydrogen-bond donors (Lipinski definition) is 3. The second-order valence-corrected chi connectivity index (χ2v) is 12.4. The van der Waals surface area contributed by atoms with Crippen LogP contribution < -0.4 is 5.32 Å². The van der Waals surface area contributed by atoms with E-state index in [1.165, 1.54) is 101 Å². The second-order valence-electron chi connectivity index (χ2n) is 12.4. The molecule has 0 aromatic rings. The molecule has 1 unspecified atom stereocenters. The minimum Gasteiger partial charge on any atom is -0.395 e. The van der Waals surface area contributed by atoms with Crippen LogP contribution in [0.1, 0.15) is 142 Å². The third kappa shape index (κ3) is 21.8. The number of likely N-dealkylation sites (tertiary alicyclic amines) is 1. The molecule has 1 fully saturated rings. The van der Waals surface area contributed by atoms with Gasteiger partial charge in [-0.2, -0.15) is 0 Å². The molecule has 9 nitrogen and oxygen atoms in total. The van der Waals surface area contributed by atoms with Crippen LogP contribution in [-0.4, -0.2) is 103 Å². The largest absolute Gasteiger partial charge is 0.395 e. The molecule has 0 aromatic heterocycles. The Labute approximate surface area is 264 Å². The molecule has 1 aliphatic heterocycles. The van der Waals surface area contributed by atoms with Crippen molar-refractivity contribution in [3.05, 3.63) is 0 Å². The molecule has 1 aliphatic rings. The van der Waals surface area contributed by atoms with Gasteiger partial charge in [-0.25, -0.2) is 9.86 Å². The zero-order valence-corrected chi connectivity index (χ0v) is 27.8. The highest BCUT2D eigenvalue weighted by molar-refractivity contribution is 5.74. The monoisotopic (exact) mass is 613 g/mol. The van der Waals surface area contributed by atoms with Crippen molar-refractivity contribution >= 4 is 12.4 Å². The number of rotatable bonds is 30. The predicted molar refractivity (Wildman–Crippen MR) is 176 cm³/mol. The lowest BCUT2D eigenvalue weighted by atomic mass is 10.00. The number of aliphatic hydroxyl groups excluding tert-OH is 2. The topological polar surface area (TPSA) is 106 Å². The van der Waals surface area contributed by atoms with Gasteiger partial charge in [0.2, 0.25) is 6.41 Å². The van der Waals surface area contributed by atoms with Gasteiger partial charge in [0.25, 0.3) is 0 Å². The first-order valence-corrected chi connectivity index (χ1v) is 18.0. The summed E-state index contributed by atoms with van der Waals surface area (Å²) in [7, 11) is 0. The average molecular weight is 613 g/mol. The van der Waals surface area contributed by atoms with Crippen LogP contribution in [-0.2, 0) is 9.63 Å². The van der Waals surface area contributed by atoms with E-state index in [9.17, 15) is 9.59 Å². The van der Waals surface area contributed by atoms with Crippen molar-refractivity contribution in [2.45, 2.75) is 148 Å². The molecule has 1 atom stereocenters. The summed E-state index contributed by atoms with van der Waals surface area (Å²) in [6.07, 6.45) is 26.7. The Balaban J connectivity index is 2.08. The van der Waals surface area contributed by atoms with Gasteiger partial charge in [-0.15, -0.1) is 0 Å². The quantitative estimate of drug-likeness (QED) is 0.0502. The molecular weight excluding hydrogens is 544 g/mol. The molecule has 1 heterocycles. The molecule has 0 bridgehead atoms. The summed E-state index contributed by atoms with van der Waals surface area (Å²) in [4.78, 5) is 34.0. The van der Waals surface area contributed by atoms with Crippen molar-refractivity contribution in [3.63, 3.8) is 0 Å². The highest BCUT2D eigenvalue weighted by atomic mass is 16.7. The molecule has 0 saturated carbocycles. The minimum absolute atomic E-state index is 0.0331. The molecular formula is C34H68N4O5. The normalized spacial score (nSPS) is 15.3. The van der Waals surface area contributed by atoms with Gasteiger partial charge in [-0.1, -0.05) is 103 Å².